The predicted molar refractivity (Wildman–Crippen MR) is 135 cm³/mol. The molecule has 0 fully saturated rings. The molecular formula is C28H25BrN2O2. The van der Waals surface area contributed by atoms with Gasteiger partial charge in [0, 0.05) is 29.1 Å². The number of halogens is 1. The number of carbonyl (C=O) groups excluding carboxylic acids is 2. The van der Waals surface area contributed by atoms with E-state index in [-0.39, 0.29) is 17.6 Å². The molecule has 1 heterocycles. The van der Waals surface area contributed by atoms with Crippen molar-refractivity contribution in [3.8, 4) is 0 Å². The maximum absolute atomic E-state index is 13.8. The lowest BCUT2D eigenvalue weighted by molar-refractivity contribution is -0.117. The van der Waals surface area contributed by atoms with Gasteiger partial charge in [0.1, 0.15) is 0 Å². The van der Waals surface area contributed by atoms with E-state index < -0.39 is 6.04 Å². The first-order valence-electron chi connectivity index (χ1n) is 11.2. The average Bonchev–Trinajstić information content (AvgIpc) is 2.94. The second-order valence-corrected chi connectivity index (χ2v) is 9.74. The van der Waals surface area contributed by atoms with Crippen LogP contribution < -0.4 is 10.2 Å². The molecule has 0 bridgehead atoms. The molecule has 5 rings (SSSR count). The Kier molecular flexibility index (Phi) is 5.67. The van der Waals surface area contributed by atoms with E-state index in [1.807, 2.05) is 67.6 Å². The van der Waals surface area contributed by atoms with Crippen molar-refractivity contribution in [1.29, 1.82) is 0 Å². The number of rotatable bonds is 2. The van der Waals surface area contributed by atoms with Crippen LogP contribution in [0, 0.1) is 6.92 Å². The standard InChI is InChI=1S/C28H25BrN2O2/c1-17-10-12-19(13-11-17)28-27-24(30-23-8-3-4-9-25(23)31(28)18(2)32)15-21(16-26(27)33)20-6-5-7-22(29)14-20/h3-14,21,28,30H,15-16H2,1-2H3/t21-,28-/m0/s1. The summed E-state index contributed by atoms with van der Waals surface area (Å²) in [6.07, 6.45) is 1.13. The van der Waals surface area contributed by atoms with Crippen LogP contribution in [0.1, 0.15) is 48.4 Å². The van der Waals surface area contributed by atoms with Gasteiger partial charge in [-0.2, -0.15) is 0 Å². The fourth-order valence-electron chi connectivity index (χ4n) is 5.00. The largest absolute Gasteiger partial charge is 0.357 e. The molecule has 3 aromatic carbocycles. The van der Waals surface area contributed by atoms with Crippen LogP contribution in [0.4, 0.5) is 11.4 Å². The summed E-state index contributed by atoms with van der Waals surface area (Å²) in [6, 6.07) is 23.6. The zero-order valence-corrected chi connectivity index (χ0v) is 20.2. The Morgan fingerprint density at radius 3 is 2.45 bits per heavy atom. The zero-order valence-electron chi connectivity index (χ0n) is 18.6. The molecule has 0 saturated heterocycles. The first kappa shape index (κ1) is 21.7. The van der Waals surface area contributed by atoms with E-state index in [2.05, 4.69) is 33.4 Å². The second-order valence-electron chi connectivity index (χ2n) is 8.82. The number of ketones is 1. The summed E-state index contributed by atoms with van der Waals surface area (Å²) in [5.41, 5.74) is 6.44. The van der Waals surface area contributed by atoms with Gasteiger partial charge in [-0.1, -0.05) is 70.0 Å². The van der Waals surface area contributed by atoms with Crippen LogP contribution >= 0.6 is 15.9 Å². The van der Waals surface area contributed by atoms with Gasteiger partial charge >= 0.3 is 0 Å². The number of para-hydroxylation sites is 2. The number of allylic oxidation sites excluding steroid dienone is 1. The molecule has 4 nitrogen and oxygen atoms in total. The molecule has 0 radical (unpaired) electrons. The van der Waals surface area contributed by atoms with Gasteiger partial charge in [-0.3, -0.25) is 14.5 Å². The number of aryl methyl sites for hydroxylation is 1. The number of amides is 1. The number of Topliss-reactive ketones (excluding diaryl/α,β-unsaturated/α-hetero) is 1. The summed E-state index contributed by atoms with van der Waals surface area (Å²) >= 11 is 3.56. The zero-order chi connectivity index (χ0) is 23.1. The molecule has 166 valence electrons. The van der Waals surface area contributed by atoms with Gasteiger partial charge in [0.2, 0.25) is 5.91 Å². The summed E-state index contributed by atoms with van der Waals surface area (Å²) in [7, 11) is 0. The predicted octanol–water partition coefficient (Wildman–Crippen LogP) is 6.68. The minimum absolute atomic E-state index is 0.0796. The maximum atomic E-state index is 13.8. The average molecular weight is 501 g/mol. The van der Waals surface area contributed by atoms with Crippen LogP contribution in [0.5, 0.6) is 0 Å². The molecule has 3 aromatic rings. The van der Waals surface area contributed by atoms with Crippen molar-refractivity contribution in [2.24, 2.45) is 0 Å². The molecule has 0 unspecified atom stereocenters. The van der Waals surface area contributed by atoms with Crippen molar-refractivity contribution in [1.82, 2.24) is 0 Å². The van der Waals surface area contributed by atoms with E-state index in [4.69, 9.17) is 0 Å². The third-order valence-corrected chi connectivity index (χ3v) is 7.03. The first-order valence-corrected chi connectivity index (χ1v) is 12.0. The van der Waals surface area contributed by atoms with Gasteiger partial charge in [0.15, 0.2) is 5.78 Å². The Balaban J connectivity index is 1.70. The van der Waals surface area contributed by atoms with Crippen LogP contribution in [0.15, 0.2) is 88.5 Å². The molecule has 2 aliphatic rings. The quantitative estimate of drug-likeness (QED) is 0.426. The van der Waals surface area contributed by atoms with Crippen LogP contribution in [-0.2, 0) is 9.59 Å². The highest BCUT2D eigenvalue weighted by Crippen LogP contribution is 2.47. The summed E-state index contributed by atoms with van der Waals surface area (Å²) in [4.78, 5) is 28.6. The van der Waals surface area contributed by atoms with Crippen molar-refractivity contribution < 1.29 is 9.59 Å². The topological polar surface area (TPSA) is 49.4 Å². The Labute approximate surface area is 202 Å². The lowest BCUT2D eigenvalue weighted by Gasteiger charge is -2.34. The second kappa shape index (κ2) is 8.64. The van der Waals surface area contributed by atoms with E-state index in [1.54, 1.807) is 11.8 Å². The number of anilines is 2. The van der Waals surface area contributed by atoms with E-state index in [0.717, 1.165) is 38.2 Å². The third-order valence-electron chi connectivity index (χ3n) is 6.54. The number of hydrogen-bond acceptors (Lipinski definition) is 3. The molecule has 1 amide bonds. The lowest BCUT2D eigenvalue weighted by Crippen LogP contribution is -2.37. The lowest BCUT2D eigenvalue weighted by atomic mass is 9.78. The molecule has 33 heavy (non-hydrogen) atoms. The number of benzene rings is 3. The molecule has 1 aliphatic heterocycles. The van der Waals surface area contributed by atoms with Gasteiger partial charge in [0.05, 0.1) is 17.4 Å². The molecule has 0 aromatic heterocycles. The van der Waals surface area contributed by atoms with Crippen molar-refractivity contribution in [2.45, 2.75) is 38.6 Å². The molecule has 0 spiro atoms. The number of nitrogens with one attached hydrogen (secondary N) is 1. The smallest absolute Gasteiger partial charge is 0.224 e. The Morgan fingerprint density at radius 1 is 0.970 bits per heavy atom. The van der Waals surface area contributed by atoms with Gasteiger partial charge < -0.3 is 5.32 Å². The Morgan fingerprint density at radius 2 is 1.73 bits per heavy atom. The van der Waals surface area contributed by atoms with Gasteiger partial charge in [-0.05, 0) is 54.7 Å². The molecule has 1 N–H and O–H groups in total. The number of hydrogen-bond donors (Lipinski definition) is 1. The summed E-state index contributed by atoms with van der Waals surface area (Å²) in [5.74, 6) is 0.0693. The highest BCUT2D eigenvalue weighted by Gasteiger charge is 2.40. The van der Waals surface area contributed by atoms with Crippen LogP contribution in [0.3, 0.4) is 0 Å². The summed E-state index contributed by atoms with van der Waals surface area (Å²) < 4.78 is 1.01. The van der Waals surface area contributed by atoms with Gasteiger partial charge in [-0.15, -0.1) is 0 Å². The fourth-order valence-corrected chi connectivity index (χ4v) is 5.42. The SMILES string of the molecule is CC(=O)N1c2ccccc2NC2=C(C(=O)C[C@@H](c3cccc(Br)c3)C2)[C@@H]1c1ccc(C)cc1. The Hall–Kier alpha value is -3.18. The number of carbonyl (C=O) groups is 2. The maximum Gasteiger partial charge on any atom is 0.224 e. The number of fused-ring (bicyclic) bond motifs is 1. The van der Waals surface area contributed by atoms with Crippen molar-refractivity contribution >= 4 is 39.0 Å². The summed E-state index contributed by atoms with van der Waals surface area (Å²) in [5, 5.41) is 3.56. The monoisotopic (exact) mass is 500 g/mol. The van der Waals surface area contributed by atoms with Crippen LogP contribution in [0.2, 0.25) is 0 Å². The van der Waals surface area contributed by atoms with Crippen molar-refractivity contribution in [3.05, 3.63) is 105 Å². The minimum Gasteiger partial charge on any atom is -0.357 e. The molecule has 2 atom stereocenters. The van der Waals surface area contributed by atoms with Crippen LogP contribution in [0.25, 0.3) is 0 Å². The van der Waals surface area contributed by atoms with Gasteiger partial charge in [-0.25, -0.2) is 0 Å². The van der Waals surface area contributed by atoms with E-state index >= 15 is 0 Å². The molecule has 5 heteroatoms. The molecular weight excluding hydrogens is 476 g/mol. The van der Waals surface area contributed by atoms with E-state index in [1.165, 1.54) is 0 Å². The van der Waals surface area contributed by atoms with Crippen molar-refractivity contribution in [2.75, 3.05) is 10.2 Å². The van der Waals surface area contributed by atoms with Crippen molar-refractivity contribution in [3.63, 3.8) is 0 Å². The molecule has 0 saturated carbocycles. The normalized spacial score (nSPS) is 20.0. The highest BCUT2D eigenvalue weighted by molar-refractivity contribution is 9.10. The highest BCUT2D eigenvalue weighted by atomic mass is 79.9. The van der Waals surface area contributed by atoms with E-state index in [9.17, 15) is 9.59 Å². The van der Waals surface area contributed by atoms with E-state index in [0.29, 0.717) is 18.4 Å². The minimum atomic E-state index is -0.467. The molecule has 1 aliphatic carbocycles. The van der Waals surface area contributed by atoms with Gasteiger partial charge in [0.25, 0.3) is 0 Å². The van der Waals surface area contributed by atoms with Crippen LogP contribution in [-0.4, -0.2) is 11.7 Å². The summed E-state index contributed by atoms with van der Waals surface area (Å²) in [6.45, 7) is 3.61. The first-order chi connectivity index (χ1) is 15.9. The third kappa shape index (κ3) is 4.02. The number of nitrogens with zero attached hydrogens (tertiary/aromatic N) is 1. The fraction of sp³-hybridized carbons (Fsp3) is 0.214. The Bertz CT molecular complexity index is 1280.